The summed E-state index contributed by atoms with van der Waals surface area (Å²) in [6, 6.07) is 3.80. The SMILES string of the molecule is COCCNC(=O)N1CCC(c2nc(-c3cccn3C)no2)C1. The molecule has 23 heavy (non-hydrogen) atoms. The van der Waals surface area contributed by atoms with Crippen molar-refractivity contribution < 1.29 is 14.1 Å². The highest BCUT2D eigenvalue weighted by Crippen LogP contribution is 2.27. The molecule has 2 amide bonds. The molecule has 0 radical (unpaired) electrons. The van der Waals surface area contributed by atoms with E-state index in [-0.39, 0.29) is 11.9 Å². The highest BCUT2D eigenvalue weighted by atomic mass is 16.5. The maximum absolute atomic E-state index is 12.0. The van der Waals surface area contributed by atoms with Gasteiger partial charge in [-0.3, -0.25) is 0 Å². The molecular formula is C15H21N5O3. The van der Waals surface area contributed by atoms with Gasteiger partial charge in [0.25, 0.3) is 0 Å². The van der Waals surface area contributed by atoms with Gasteiger partial charge in [-0.15, -0.1) is 0 Å². The molecule has 0 spiro atoms. The average molecular weight is 319 g/mol. The van der Waals surface area contributed by atoms with Gasteiger partial charge in [0, 0.05) is 40.0 Å². The number of hydrogen-bond acceptors (Lipinski definition) is 5. The van der Waals surface area contributed by atoms with Crippen LogP contribution in [-0.4, -0.2) is 59.0 Å². The van der Waals surface area contributed by atoms with Gasteiger partial charge < -0.3 is 24.0 Å². The van der Waals surface area contributed by atoms with Crippen LogP contribution >= 0.6 is 0 Å². The van der Waals surface area contributed by atoms with Crippen LogP contribution in [-0.2, 0) is 11.8 Å². The van der Waals surface area contributed by atoms with Crippen molar-refractivity contribution in [1.29, 1.82) is 0 Å². The number of rotatable bonds is 5. The van der Waals surface area contributed by atoms with Crippen molar-refractivity contribution in [3.05, 3.63) is 24.2 Å². The fraction of sp³-hybridized carbons (Fsp3) is 0.533. The van der Waals surface area contributed by atoms with E-state index < -0.39 is 0 Å². The molecule has 0 aliphatic carbocycles. The zero-order valence-corrected chi connectivity index (χ0v) is 13.4. The molecule has 3 heterocycles. The number of hydrogen-bond donors (Lipinski definition) is 1. The summed E-state index contributed by atoms with van der Waals surface area (Å²) in [4.78, 5) is 18.3. The number of aryl methyl sites for hydroxylation is 1. The van der Waals surface area contributed by atoms with Crippen LogP contribution in [0.4, 0.5) is 4.79 Å². The fourth-order valence-corrected chi connectivity index (χ4v) is 2.72. The van der Waals surface area contributed by atoms with Gasteiger partial charge >= 0.3 is 6.03 Å². The van der Waals surface area contributed by atoms with Gasteiger partial charge in [-0.1, -0.05) is 5.16 Å². The molecule has 1 aliphatic heterocycles. The van der Waals surface area contributed by atoms with Crippen molar-refractivity contribution in [2.75, 3.05) is 33.4 Å². The number of amides is 2. The van der Waals surface area contributed by atoms with Crippen molar-refractivity contribution in [3.8, 4) is 11.5 Å². The van der Waals surface area contributed by atoms with Crippen molar-refractivity contribution in [3.63, 3.8) is 0 Å². The third kappa shape index (κ3) is 3.37. The van der Waals surface area contributed by atoms with Crippen LogP contribution in [0.15, 0.2) is 22.9 Å². The molecule has 8 heteroatoms. The second kappa shape index (κ2) is 6.82. The number of nitrogens with one attached hydrogen (secondary N) is 1. The molecule has 124 valence electrons. The van der Waals surface area contributed by atoms with E-state index in [1.807, 2.05) is 29.9 Å². The molecule has 1 aliphatic rings. The van der Waals surface area contributed by atoms with Gasteiger partial charge in [0.15, 0.2) is 0 Å². The lowest BCUT2D eigenvalue weighted by molar-refractivity contribution is 0.184. The highest BCUT2D eigenvalue weighted by molar-refractivity contribution is 5.74. The topological polar surface area (TPSA) is 85.4 Å². The lowest BCUT2D eigenvalue weighted by Crippen LogP contribution is -2.39. The number of aromatic nitrogens is 3. The predicted octanol–water partition coefficient (Wildman–Crippen LogP) is 1.22. The van der Waals surface area contributed by atoms with E-state index in [4.69, 9.17) is 9.26 Å². The number of ether oxygens (including phenoxy) is 1. The summed E-state index contributed by atoms with van der Waals surface area (Å²) in [7, 11) is 3.55. The Labute approximate surface area is 134 Å². The first-order chi connectivity index (χ1) is 11.2. The van der Waals surface area contributed by atoms with Gasteiger partial charge in [-0.05, 0) is 18.6 Å². The first kappa shape index (κ1) is 15.5. The number of methoxy groups -OCH3 is 1. The quantitative estimate of drug-likeness (QED) is 0.838. The summed E-state index contributed by atoms with van der Waals surface area (Å²) in [5, 5.41) is 6.88. The summed E-state index contributed by atoms with van der Waals surface area (Å²) in [6.45, 7) is 2.29. The zero-order chi connectivity index (χ0) is 16.2. The highest BCUT2D eigenvalue weighted by Gasteiger charge is 2.31. The van der Waals surface area contributed by atoms with Crippen LogP contribution in [0, 0.1) is 0 Å². The predicted molar refractivity (Wildman–Crippen MR) is 82.9 cm³/mol. The molecule has 1 fully saturated rings. The van der Waals surface area contributed by atoms with Gasteiger partial charge in [-0.2, -0.15) is 4.98 Å². The fourth-order valence-electron chi connectivity index (χ4n) is 2.72. The first-order valence-electron chi connectivity index (χ1n) is 7.66. The molecule has 1 unspecified atom stereocenters. The third-order valence-electron chi connectivity index (χ3n) is 4.02. The van der Waals surface area contributed by atoms with Crippen LogP contribution in [0.1, 0.15) is 18.2 Å². The average Bonchev–Trinajstić information content (AvgIpc) is 3.26. The molecule has 2 aromatic rings. The second-order valence-electron chi connectivity index (χ2n) is 5.62. The largest absolute Gasteiger partial charge is 0.383 e. The maximum atomic E-state index is 12.0. The number of nitrogens with zero attached hydrogens (tertiary/aromatic N) is 4. The van der Waals surface area contributed by atoms with Gasteiger partial charge in [0.05, 0.1) is 18.2 Å². The molecule has 0 saturated carbocycles. The Hall–Kier alpha value is -2.35. The Kier molecular flexibility index (Phi) is 4.61. The first-order valence-corrected chi connectivity index (χ1v) is 7.66. The lowest BCUT2D eigenvalue weighted by atomic mass is 10.1. The van der Waals surface area contributed by atoms with E-state index in [1.54, 1.807) is 12.0 Å². The lowest BCUT2D eigenvalue weighted by Gasteiger charge is -2.16. The summed E-state index contributed by atoms with van der Waals surface area (Å²) in [5.74, 6) is 1.26. The van der Waals surface area contributed by atoms with Crippen molar-refractivity contribution in [2.45, 2.75) is 12.3 Å². The summed E-state index contributed by atoms with van der Waals surface area (Å²) < 4.78 is 12.3. The normalized spacial score (nSPS) is 17.7. The maximum Gasteiger partial charge on any atom is 0.317 e. The minimum Gasteiger partial charge on any atom is -0.383 e. The van der Waals surface area contributed by atoms with E-state index in [2.05, 4.69) is 15.5 Å². The van der Waals surface area contributed by atoms with Crippen LogP contribution in [0.25, 0.3) is 11.5 Å². The van der Waals surface area contributed by atoms with Crippen molar-refractivity contribution >= 4 is 6.03 Å². The Morgan fingerprint density at radius 1 is 1.57 bits per heavy atom. The van der Waals surface area contributed by atoms with Crippen molar-refractivity contribution in [1.82, 2.24) is 24.9 Å². The monoisotopic (exact) mass is 319 g/mol. The van der Waals surface area contributed by atoms with Crippen LogP contribution in [0.3, 0.4) is 0 Å². The Balaban J connectivity index is 1.60. The smallest absolute Gasteiger partial charge is 0.317 e. The number of urea groups is 1. The summed E-state index contributed by atoms with van der Waals surface area (Å²) >= 11 is 0. The summed E-state index contributed by atoms with van der Waals surface area (Å²) in [5.41, 5.74) is 0.909. The summed E-state index contributed by atoms with van der Waals surface area (Å²) in [6.07, 6.45) is 2.76. The minimum atomic E-state index is -0.0771. The van der Waals surface area contributed by atoms with Crippen LogP contribution in [0.5, 0.6) is 0 Å². The number of carbonyl (C=O) groups excluding carboxylic acids is 1. The Morgan fingerprint density at radius 3 is 3.17 bits per heavy atom. The van der Waals surface area contributed by atoms with Crippen LogP contribution < -0.4 is 5.32 Å². The molecule has 0 bridgehead atoms. The molecule has 2 aromatic heterocycles. The molecule has 1 N–H and O–H groups in total. The standard InChI is InChI=1S/C15H21N5O3/c1-19-7-3-4-12(19)13-17-14(23-18-13)11-5-8-20(10-11)15(21)16-6-9-22-2/h3-4,7,11H,5-6,8-10H2,1-2H3,(H,16,21). The molecule has 1 atom stereocenters. The van der Waals surface area contributed by atoms with E-state index in [0.717, 1.165) is 12.1 Å². The van der Waals surface area contributed by atoms with Gasteiger partial charge in [0.1, 0.15) is 0 Å². The third-order valence-corrected chi connectivity index (χ3v) is 4.02. The van der Waals surface area contributed by atoms with Crippen molar-refractivity contribution in [2.24, 2.45) is 7.05 Å². The van der Waals surface area contributed by atoms with E-state index in [1.165, 1.54) is 0 Å². The molecule has 0 aromatic carbocycles. The van der Waals surface area contributed by atoms with Gasteiger partial charge in [-0.25, -0.2) is 4.79 Å². The second-order valence-corrected chi connectivity index (χ2v) is 5.62. The van der Waals surface area contributed by atoms with Crippen LogP contribution in [0.2, 0.25) is 0 Å². The minimum absolute atomic E-state index is 0.0771. The van der Waals surface area contributed by atoms with Gasteiger partial charge in [0.2, 0.25) is 11.7 Å². The zero-order valence-electron chi connectivity index (χ0n) is 13.4. The molecule has 1 saturated heterocycles. The Bertz CT molecular complexity index is 666. The van der Waals surface area contributed by atoms with E-state index in [0.29, 0.717) is 38.0 Å². The van der Waals surface area contributed by atoms with E-state index in [9.17, 15) is 4.79 Å². The molecule has 8 nitrogen and oxygen atoms in total. The van der Waals surface area contributed by atoms with E-state index >= 15 is 0 Å². The molecule has 3 rings (SSSR count). The number of carbonyl (C=O) groups is 1. The Morgan fingerprint density at radius 2 is 2.43 bits per heavy atom. The molecular weight excluding hydrogens is 298 g/mol. The number of likely N-dealkylation sites (tertiary alicyclic amines) is 1.